The quantitative estimate of drug-likeness (QED) is 0.776. The smallest absolute Gasteiger partial charge is 0.244 e. The summed E-state index contributed by atoms with van der Waals surface area (Å²) in [5.74, 6) is 0.841. The van der Waals surface area contributed by atoms with Gasteiger partial charge in [-0.2, -0.15) is 5.10 Å². The van der Waals surface area contributed by atoms with Crippen molar-refractivity contribution in [3.63, 3.8) is 0 Å². The molecule has 0 aliphatic rings. The molecule has 0 aliphatic heterocycles. The van der Waals surface area contributed by atoms with Gasteiger partial charge in [0.25, 0.3) is 0 Å². The third-order valence-electron chi connectivity index (χ3n) is 2.21. The molecule has 0 aliphatic carbocycles. The van der Waals surface area contributed by atoms with Gasteiger partial charge in [0.15, 0.2) is 0 Å². The predicted molar refractivity (Wildman–Crippen MR) is 72.3 cm³/mol. The summed E-state index contributed by atoms with van der Waals surface area (Å²) in [4.78, 5) is 0. The van der Waals surface area contributed by atoms with Crippen LogP contribution in [0.5, 0.6) is 5.88 Å². The average Bonchev–Trinajstić information content (AvgIpc) is 2.58. The van der Waals surface area contributed by atoms with Gasteiger partial charge in [-0.15, -0.1) is 0 Å². The molecule has 0 radical (unpaired) electrons. The number of hydrogen-bond donors (Lipinski definition) is 0. The van der Waals surface area contributed by atoms with E-state index in [0.717, 1.165) is 17.3 Å². The highest BCUT2D eigenvalue weighted by Gasteiger charge is 2.19. The Morgan fingerprint density at radius 1 is 1.12 bits per heavy atom. The summed E-state index contributed by atoms with van der Waals surface area (Å²) in [7, 11) is -1.61. The maximum Gasteiger partial charge on any atom is 0.244 e. The van der Waals surface area contributed by atoms with Crippen LogP contribution in [-0.2, 0) is 0 Å². The van der Waals surface area contributed by atoms with Crippen molar-refractivity contribution in [3.05, 3.63) is 42.1 Å². The Bertz CT molecular complexity index is 500. The van der Waals surface area contributed by atoms with Gasteiger partial charge >= 0.3 is 0 Å². The number of aryl methyl sites for hydroxylation is 1. The molecule has 0 saturated carbocycles. The molecule has 90 valence electrons. The Morgan fingerprint density at radius 2 is 1.76 bits per heavy atom. The predicted octanol–water partition coefficient (Wildman–Crippen LogP) is 3.39. The zero-order valence-corrected chi connectivity index (χ0v) is 11.8. The van der Waals surface area contributed by atoms with Crippen molar-refractivity contribution in [3.8, 4) is 11.6 Å². The first-order valence-corrected chi connectivity index (χ1v) is 9.18. The number of hydrogen-bond acceptors (Lipinski definition) is 2. The van der Waals surface area contributed by atoms with Crippen molar-refractivity contribution in [2.24, 2.45) is 0 Å². The van der Waals surface area contributed by atoms with Crippen LogP contribution in [0.3, 0.4) is 0 Å². The van der Waals surface area contributed by atoms with Crippen molar-refractivity contribution >= 4 is 8.32 Å². The molecule has 1 aromatic heterocycles. The molecule has 0 saturated heterocycles. The fourth-order valence-corrected chi connectivity index (χ4v) is 2.39. The number of benzene rings is 1. The fraction of sp³-hybridized carbons (Fsp3) is 0.308. The molecule has 17 heavy (non-hydrogen) atoms. The van der Waals surface area contributed by atoms with Crippen molar-refractivity contribution in [1.29, 1.82) is 0 Å². The Labute approximate surface area is 103 Å². The van der Waals surface area contributed by atoms with Crippen LogP contribution in [0, 0.1) is 6.92 Å². The van der Waals surface area contributed by atoms with E-state index >= 15 is 0 Å². The monoisotopic (exact) mass is 246 g/mol. The minimum Gasteiger partial charge on any atom is -0.531 e. The Morgan fingerprint density at radius 3 is 2.35 bits per heavy atom. The topological polar surface area (TPSA) is 27.1 Å². The first kappa shape index (κ1) is 11.9. The third-order valence-corrected chi connectivity index (χ3v) is 3.03. The molecule has 0 atom stereocenters. The van der Waals surface area contributed by atoms with Gasteiger partial charge in [-0.3, -0.25) is 0 Å². The van der Waals surface area contributed by atoms with Crippen LogP contribution in [0.1, 0.15) is 5.69 Å². The van der Waals surface area contributed by atoms with Crippen LogP contribution in [-0.4, -0.2) is 18.1 Å². The second kappa shape index (κ2) is 4.37. The highest BCUT2D eigenvalue weighted by atomic mass is 28.4. The molecule has 0 amide bonds. The van der Waals surface area contributed by atoms with Gasteiger partial charge in [-0.1, -0.05) is 18.2 Å². The lowest BCUT2D eigenvalue weighted by Gasteiger charge is -2.19. The van der Waals surface area contributed by atoms with Crippen LogP contribution < -0.4 is 4.43 Å². The van der Waals surface area contributed by atoms with Gasteiger partial charge in [0.05, 0.1) is 11.4 Å². The average molecular weight is 246 g/mol. The van der Waals surface area contributed by atoms with Crippen LogP contribution in [0.25, 0.3) is 5.69 Å². The lowest BCUT2D eigenvalue weighted by atomic mass is 10.3. The van der Waals surface area contributed by atoms with Gasteiger partial charge in [-0.05, 0) is 38.7 Å². The lowest BCUT2D eigenvalue weighted by Crippen LogP contribution is -2.30. The maximum absolute atomic E-state index is 6.05. The summed E-state index contributed by atoms with van der Waals surface area (Å²) < 4.78 is 7.92. The zero-order valence-electron chi connectivity index (χ0n) is 10.8. The molecule has 3 nitrogen and oxygen atoms in total. The van der Waals surface area contributed by atoms with Crippen LogP contribution in [0.15, 0.2) is 36.4 Å². The molecular formula is C13H18N2OSi. The van der Waals surface area contributed by atoms with Gasteiger partial charge in [0, 0.05) is 6.07 Å². The minimum atomic E-state index is -1.61. The Kier molecular flexibility index (Phi) is 3.06. The van der Waals surface area contributed by atoms with Gasteiger partial charge in [0.1, 0.15) is 0 Å². The number of rotatable bonds is 3. The largest absolute Gasteiger partial charge is 0.531 e. The van der Waals surface area contributed by atoms with E-state index in [9.17, 15) is 0 Å². The molecule has 0 fully saturated rings. The molecular weight excluding hydrogens is 228 g/mol. The van der Waals surface area contributed by atoms with Gasteiger partial charge in [-0.25, -0.2) is 4.68 Å². The molecule has 0 spiro atoms. The van der Waals surface area contributed by atoms with Crippen LogP contribution in [0.4, 0.5) is 0 Å². The molecule has 1 aromatic carbocycles. The summed E-state index contributed by atoms with van der Waals surface area (Å²) in [6, 6.07) is 12.1. The number of nitrogens with zero attached hydrogens (tertiary/aromatic N) is 2. The zero-order chi connectivity index (χ0) is 12.5. The van der Waals surface area contributed by atoms with E-state index in [2.05, 4.69) is 24.7 Å². The molecule has 0 N–H and O–H groups in total. The summed E-state index contributed by atoms with van der Waals surface area (Å²) in [5, 5.41) is 4.48. The lowest BCUT2D eigenvalue weighted by molar-refractivity contribution is 0.509. The van der Waals surface area contributed by atoms with Crippen molar-refractivity contribution in [2.75, 3.05) is 0 Å². The van der Waals surface area contributed by atoms with Crippen LogP contribution >= 0.6 is 0 Å². The molecule has 2 rings (SSSR count). The summed E-state index contributed by atoms with van der Waals surface area (Å²) in [6.07, 6.45) is 0. The summed E-state index contributed by atoms with van der Waals surface area (Å²) >= 11 is 0. The second-order valence-corrected chi connectivity index (χ2v) is 9.51. The third kappa shape index (κ3) is 2.97. The highest BCUT2D eigenvalue weighted by molar-refractivity contribution is 6.70. The van der Waals surface area contributed by atoms with E-state index in [-0.39, 0.29) is 0 Å². The Hall–Kier alpha value is -1.55. The maximum atomic E-state index is 6.05. The fourth-order valence-electron chi connectivity index (χ4n) is 1.62. The molecule has 4 heteroatoms. The summed E-state index contributed by atoms with van der Waals surface area (Å²) in [6.45, 7) is 8.50. The first-order valence-electron chi connectivity index (χ1n) is 5.77. The van der Waals surface area contributed by atoms with E-state index in [1.165, 1.54) is 0 Å². The molecule has 2 aromatic rings. The van der Waals surface area contributed by atoms with Gasteiger partial charge in [0.2, 0.25) is 14.2 Å². The van der Waals surface area contributed by atoms with E-state index in [1.807, 2.05) is 48.0 Å². The standard InChI is InChI=1S/C13H18N2OSi/c1-11-10-13(16-17(2,3)4)15(14-11)12-8-6-5-7-9-12/h5-10H,1-4H3. The normalized spacial score (nSPS) is 11.5. The van der Waals surface area contributed by atoms with Crippen molar-refractivity contribution in [1.82, 2.24) is 9.78 Å². The van der Waals surface area contributed by atoms with E-state index in [1.54, 1.807) is 0 Å². The number of para-hydroxylation sites is 1. The Balaban J connectivity index is 2.41. The molecule has 0 bridgehead atoms. The second-order valence-electron chi connectivity index (χ2n) is 5.09. The first-order chi connectivity index (χ1) is 7.96. The van der Waals surface area contributed by atoms with Crippen molar-refractivity contribution in [2.45, 2.75) is 26.6 Å². The molecule has 0 unspecified atom stereocenters. The van der Waals surface area contributed by atoms with E-state index < -0.39 is 8.32 Å². The van der Waals surface area contributed by atoms with E-state index in [0.29, 0.717) is 0 Å². The van der Waals surface area contributed by atoms with E-state index in [4.69, 9.17) is 4.43 Å². The SMILES string of the molecule is Cc1cc(O[Si](C)(C)C)n(-c2ccccc2)n1. The van der Waals surface area contributed by atoms with Gasteiger partial charge < -0.3 is 4.43 Å². The minimum absolute atomic E-state index is 0.841. The molecule has 1 heterocycles. The van der Waals surface area contributed by atoms with Crippen molar-refractivity contribution < 1.29 is 4.43 Å². The number of aromatic nitrogens is 2. The van der Waals surface area contributed by atoms with Crippen LogP contribution in [0.2, 0.25) is 19.6 Å². The highest BCUT2D eigenvalue weighted by Crippen LogP contribution is 2.21. The summed E-state index contributed by atoms with van der Waals surface area (Å²) in [5.41, 5.74) is 2.01.